The van der Waals surface area contributed by atoms with Crippen LogP contribution in [-0.4, -0.2) is 5.96 Å². The van der Waals surface area contributed by atoms with Gasteiger partial charge in [0.2, 0.25) is 0 Å². The van der Waals surface area contributed by atoms with Gasteiger partial charge in [-0.1, -0.05) is 0 Å². The van der Waals surface area contributed by atoms with Gasteiger partial charge in [-0.25, -0.2) is 0 Å². The first-order valence-corrected chi connectivity index (χ1v) is 2.06. The summed E-state index contributed by atoms with van der Waals surface area (Å²) in [6, 6.07) is 1.75. The normalized spacial score (nSPS) is 4.20. The van der Waals surface area contributed by atoms with Crippen LogP contribution >= 0.6 is 0 Å². The van der Waals surface area contributed by atoms with Crippen LogP contribution in [0, 0.1) is 23.2 Å². The second-order valence-electron chi connectivity index (χ2n) is 0.823. The molecule has 0 rings (SSSR count). The molecule has 0 fully saturated rings. The number of guanidine groups is 1. The van der Waals surface area contributed by atoms with Crippen molar-refractivity contribution in [2.75, 3.05) is 0 Å². The first-order chi connectivity index (χ1) is 4.68. The van der Waals surface area contributed by atoms with Gasteiger partial charge in [-0.3, -0.25) is 17.3 Å². The molecule has 0 saturated heterocycles. The third-order valence-electron chi connectivity index (χ3n) is 0.167. The minimum absolute atomic E-state index is 0.0324. The number of nitriles is 1. The fourth-order valence-corrected chi connectivity index (χ4v) is 0. The monoisotopic (exact) mass is 142 g/mol. The molecule has 0 heterocycles. The Morgan fingerprint density at radius 3 is 1.60 bits per heavy atom. The predicted octanol–water partition coefficient (Wildman–Crippen LogP) is -3.16. The van der Waals surface area contributed by atoms with Crippen LogP contribution < -0.4 is 22.4 Å². The molecule has 0 aliphatic rings. The first-order valence-electron chi connectivity index (χ1n) is 2.06. The summed E-state index contributed by atoms with van der Waals surface area (Å²) in [5.41, 5.74) is 9.50. The summed E-state index contributed by atoms with van der Waals surface area (Å²) in [7, 11) is 0. The molecule has 6 nitrogen and oxygen atoms in total. The maximum atomic E-state index is 7.32. The van der Waals surface area contributed by atoms with Gasteiger partial charge in [-0.05, 0) is 0 Å². The summed E-state index contributed by atoms with van der Waals surface area (Å²) >= 11 is 0. The topological polar surface area (TPSA) is 140 Å². The molecule has 0 amide bonds. The largest absolute Gasteiger partial charge is 0.512 e. The third-order valence-corrected chi connectivity index (χ3v) is 0.167. The lowest BCUT2D eigenvalue weighted by Crippen LogP contribution is -2.84. The van der Waals surface area contributed by atoms with Crippen molar-refractivity contribution in [2.45, 2.75) is 6.92 Å². The number of nitrogens with one attached hydrogen (secondary N) is 1. The van der Waals surface area contributed by atoms with Gasteiger partial charge in [0.15, 0.2) is 0 Å². The highest BCUT2D eigenvalue weighted by molar-refractivity contribution is 5.68. The number of nitrogens with zero attached hydrogens (tertiary/aromatic N) is 2. The number of hydrogen-bond acceptors (Lipinski definition) is 3. The van der Waals surface area contributed by atoms with Crippen LogP contribution in [0.2, 0.25) is 0 Å². The number of hydrogen-bond donors (Lipinski definition) is 4. The Hall–Kier alpha value is -1.95. The molecule has 0 radical (unpaired) electrons. The van der Waals surface area contributed by atoms with Crippen LogP contribution in [0.1, 0.15) is 6.92 Å². The highest BCUT2D eigenvalue weighted by atomic mass is 15.2. The lowest BCUT2D eigenvalue weighted by atomic mass is 11.0. The van der Waals surface area contributed by atoms with Crippen molar-refractivity contribution < 1.29 is 5.10 Å². The van der Waals surface area contributed by atoms with Crippen LogP contribution in [0.15, 0.2) is 0 Å². The van der Waals surface area contributed by atoms with Crippen molar-refractivity contribution in [3.05, 3.63) is 6.57 Å². The zero-order valence-corrected chi connectivity index (χ0v) is 5.63. The van der Waals surface area contributed by atoms with Gasteiger partial charge in [-0.15, -0.1) is 0 Å². The third kappa shape index (κ3) is 61700. The van der Waals surface area contributed by atoms with E-state index >= 15 is 0 Å². The van der Waals surface area contributed by atoms with Gasteiger partial charge >= 0.3 is 5.96 Å². The van der Waals surface area contributed by atoms with Gasteiger partial charge in [0.25, 0.3) is 0 Å². The number of nitrogens with two attached hydrogens (primary N) is 3. The Bertz CT molecular complexity index is 124. The minimum Gasteiger partial charge on any atom is -0.512 e. The molecule has 0 bridgehead atoms. The van der Waals surface area contributed by atoms with Crippen molar-refractivity contribution in [1.29, 1.82) is 10.5 Å². The van der Waals surface area contributed by atoms with Gasteiger partial charge in [0.05, 0.1) is 6.07 Å². The summed E-state index contributed by atoms with van der Waals surface area (Å²) in [5.74, 6) is 4.67. The van der Waals surface area contributed by atoms with E-state index in [1.165, 1.54) is 6.92 Å². The summed E-state index contributed by atoms with van der Waals surface area (Å²) in [4.78, 5) is 0. The Morgan fingerprint density at radius 1 is 1.50 bits per heavy atom. The molecule has 7 N–H and O–H groups in total. The van der Waals surface area contributed by atoms with Crippen LogP contribution in [0.4, 0.5) is 0 Å². The molecule has 6 heteroatoms. The molecular formula is C4H10N6. The molecule has 0 spiro atoms. The van der Waals surface area contributed by atoms with Gasteiger partial charge < -0.3 is 11.8 Å². The van der Waals surface area contributed by atoms with E-state index in [9.17, 15) is 0 Å². The molecule has 0 saturated carbocycles. The molecule has 0 atom stereocenters. The minimum atomic E-state index is 0.0324. The Kier molecular flexibility index (Phi) is 43.5. The molecule has 0 unspecified atom stereocenters. The van der Waals surface area contributed by atoms with E-state index in [-0.39, 0.29) is 5.96 Å². The average molecular weight is 142 g/mol. The van der Waals surface area contributed by atoms with E-state index in [4.69, 9.17) is 28.6 Å². The Morgan fingerprint density at radius 2 is 1.60 bits per heavy atom. The first kappa shape index (κ1) is 15.7. The number of rotatable bonds is 0. The van der Waals surface area contributed by atoms with Crippen LogP contribution in [0.5, 0.6) is 0 Å². The molecule has 0 aromatic carbocycles. The lowest BCUT2D eigenvalue weighted by Gasteiger charge is -1.69. The molecule has 0 aromatic rings. The zero-order chi connectivity index (χ0) is 8.99. The second kappa shape index (κ2) is 27.7. The molecular weight excluding hydrogens is 132 g/mol. The van der Waals surface area contributed by atoms with Crippen LogP contribution in [-0.2, 0) is 0 Å². The van der Waals surface area contributed by atoms with E-state index in [0.29, 0.717) is 0 Å². The fraction of sp³-hybridized carbons (Fsp3) is 0.250. The number of hydrazone groups is 1. The fourth-order valence-electron chi connectivity index (χ4n) is 0. The van der Waals surface area contributed by atoms with Gasteiger partial charge in [-0.2, -0.15) is 10.4 Å². The Labute approximate surface area is 59.5 Å². The van der Waals surface area contributed by atoms with E-state index < -0.39 is 0 Å². The predicted molar refractivity (Wildman–Crippen MR) is 34.8 cm³/mol. The number of hydrazine groups is 1. The van der Waals surface area contributed by atoms with Crippen molar-refractivity contribution in [3.8, 4) is 6.07 Å². The summed E-state index contributed by atoms with van der Waals surface area (Å²) in [5, 5.41) is 15.6. The highest BCUT2D eigenvalue weighted by Gasteiger charge is 1.72. The molecule has 56 valence electrons. The summed E-state index contributed by atoms with van der Waals surface area (Å²) in [6.07, 6.45) is 0. The van der Waals surface area contributed by atoms with Crippen molar-refractivity contribution in [3.63, 3.8) is 0 Å². The Balaban J connectivity index is -0.0000000847. The molecule has 0 aliphatic carbocycles. The summed E-state index contributed by atoms with van der Waals surface area (Å²) < 4.78 is 0. The molecule has 0 aromatic heterocycles. The summed E-state index contributed by atoms with van der Waals surface area (Å²) in [6.45, 7) is 6.18. The van der Waals surface area contributed by atoms with Gasteiger partial charge in [0, 0.05) is 6.92 Å². The zero-order valence-electron chi connectivity index (χ0n) is 5.63. The second-order valence-corrected chi connectivity index (χ2v) is 0.823. The van der Waals surface area contributed by atoms with Crippen molar-refractivity contribution in [2.24, 2.45) is 17.3 Å². The van der Waals surface area contributed by atoms with E-state index in [1.807, 2.05) is 5.10 Å². The smallest absolute Gasteiger partial charge is 0.360 e. The SMILES string of the molecule is CC#N.N[NH+]=C(N)N.[C-]#N. The average Bonchev–Trinajstić information content (AvgIpc) is 1.94. The van der Waals surface area contributed by atoms with Crippen molar-refractivity contribution in [1.82, 2.24) is 0 Å². The van der Waals surface area contributed by atoms with Crippen LogP contribution in [0.25, 0.3) is 0 Å². The highest BCUT2D eigenvalue weighted by Crippen LogP contribution is 1.21. The maximum Gasteiger partial charge on any atom is 0.360 e. The van der Waals surface area contributed by atoms with E-state index in [2.05, 4.69) is 5.84 Å². The quantitative estimate of drug-likeness (QED) is 0.0928. The van der Waals surface area contributed by atoms with Crippen molar-refractivity contribution >= 4 is 5.96 Å². The standard InChI is InChI=1S/C2H3N.CH6N4.CN/c1-2-3;2-1(3)5-4;1-2/h1H3;4H2,(H4,2,3,5);/q;;-1/p+1. The van der Waals surface area contributed by atoms with Crippen LogP contribution in [0.3, 0.4) is 0 Å². The molecule has 0 aliphatic heterocycles. The maximum absolute atomic E-state index is 7.32. The van der Waals surface area contributed by atoms with E-state index in [0.717, 1.165) is 0 Å². The lowest BCUT2D eigenvalue weighted by molar-refractivity contribution is -0.471. The molecule has 10 heavy (non-hydrogen) atoms. The van der Waals surface area contributed by atoms with Gasteiger partial charge in [0.1, 0.15) is 0 Å². The van der Waals surface area contributed by atoms with E-state index in [1.54, 1.807) is 6.07 Å².